The molecule has 3 nitrogen and oxygen atoms in total. The lowest BCUT2D eigenvalue weighted by Crippen LogP contribution is -2.31. The number of aromatic nitrogens is 1. The average molecular weight is 161 g/mol. The summed E-state index contributed by atoms with van der Waals surface area (Å²) in [6.07, 6.45) is 0. The largest absolute Gasteiger partial charge is 0.334 e. The number of hydrogen-bond acceptors (Lipinski definition) is 2. The van der Waals surface area contributed by atoms with Gasteiger partial charge in [-0.3, -0.25) is 0 Å². The summed E-state index contributed by atoms with van der Waals surface area (Å²) in [4.78, 5) is 0. The summed E-state index contributed by atoms with van der Waals surface area (Å²) in [6.45, 7) is 3.99. The van der Waals surface area contributed by atoms with Gasteiger partial charge < -0.3 is 9.88 Å². The van der Waals surface area contributed by atoms with Gasteiger partial charge in [-0.1, -0.05) is 0 Å². The molecule has 3 heteroatoms. The van der Waals surface area contributed by atoms with Crippen LogP contribution in [0.5, 0.6) is 0 Å². The van der Waals surface area contributed by atoms with Crippen molar-refractivity contribution in [2.45, 2.75) is 19.5 Å². The topological polar surface area (TPSA) is 40.8 Å². The van der Waals surface area contributed by atoms with Crippen LogP contribution in [-0.2, 0) is 6.54 Å². The molecule has 62 valence electrons. The van der Waals surface area contributed by atoms with Crippen LogP contribution >= 0.6 is 0 Å². The van der Waals surface area contributed by atoms with E-state index in [4.69, 9.17) is 5.26 Å². The number of nitrogens with one attached hydrogen (secondary N) is 1. The third-order valence-electron chi connectivity index (χ3n) is 2.36. The van der Waals surface area contributed by atoms with E-state index in [0.29, 0.717) is 6.04 Å². The third kappa shape index (κ3) is 0.926. The number of nitriles is 1. The molecule has 1 aromatic rings. The first-order chi connectivity index (χ1) is 5.83. The Balaban J connectivity index is 2.49. The van der Waals surface area contributed by atoms with Crippen molar-refractivity contribution in [3.63, 3.8) is 0 Å². The van der Waals surface area contributed by atoms with Gasteiger partial charge in [0.25, 0.3) is 0 Å². The quantitative estimate of drug-likeness (QED) is 0.617. The minimum atomic E-state index is 0.376. The molecule has 0 spiro atoms. The van der Waals surface area contributed by atoms with Gasteiger partial charge in [0.15, 0.2) is 0 Å². The first kappa shape index (κ1) is 7.38. The van der Waals surface area contributed by atoms with Crippen molar-refractivity contribution >= 4 is 0 Å². The summed E-state index contributed by atoms with van der Waals surface area (Å²) < 4.78 is 2.08. The molecule has 1 N–H and O–H groups in total. The summed E-state index contributed by atoms with van der Waals surface area (Å²) in [5.41, 5.74) is 2.00. The molecular weight excluding hydrogens is 150 g/mol. The van der Waals surface area contributed by atoms with Crippen molar-refractivity contribution in [1.29, 1.82) is 5.26 Å². The fourth-order valence-electron chi connectivity index (χ4n) is 1.71. The molecule has 0 amide bonds. The standard InChI is InChI=1S/C9H11N3/c1-7-9-3-2-8(6-10)12(9)5-4-11-7/h2-3,7,11H,4-5H2,1H3/t7-/m1/s1. The van der Waals surface area contributed by atoms with Crippen LogP contribution in [0.4, 0.5) is 0 Å². The van der Waals surface area contributed by atoms with Gasteiger partial charge >= 0.3 is 0 Å². The lowest BCUT2D eigenvalue weighted by atomic mass is 10.2. The maximum atomic E-state index is 8.78. The Bertz CT molecular complexity index is 332. The lowest BCUT2D eigenvalue weighted by molar-refractivity contribution is 0.446. The smallest absolute Gasteiger partial charge is 0.120 e. The molecule has 0 aromatic carbocycles. The fraction of sp³-hybridized carbons (Fsp3) is 0.444. The summed E-state index contributed by atoms with van der Waals surface area (Å²) >= 11 is 0. The van der Waals surface area contributed by atoms with Crippen LogP contribution in [0.15, 0.2) is 12.1 Å². The van der Waals surface area contributed by atoms with Crippen LogP contribution < -0.4 is 5.32 Å². The molecule has 0 saturated heterocycles. The van der Waals surface area contributed by atoms with Crippen molar-refractivity contribution in [3.8, 4) is 6.07 Å². The summed E-state index contributed by atoms with van der Waals surface area (Å²) in [7, 11) is 0. The Morgan fingerprint density at radius 2 is 2.50 bits per heavy atom. The molecule has 1 aromatic heterocycles. The summed E-state index contributed by atoms with van der Waals surface area (Å²) in [6, 6.07) is 6.48. The molecule has 0 aliphatic carbocycles. The van der Waals surface area contributed by atoms with E-state index in [2.05, 4.69) is 22.9 Å². The molecule has 1 aliphatic rings. The molecule has 0 radical (unpaired) electrons. The lowest BCUT2D eigenvalue weighted by Gasteiger charge is -2.23. The van der Waals surface area contributed by atoms with E-state index in [1.165, 1.54) is 5.69 Å². The van der Waals surface area contributed by atoms with Crippen LogP contribution in [0.3, 0.4) is 0 Å². The number of fused-ring (bicyclic) bond motifs is 1. The van der Waals surface area contributed by atoms with Gasteiger partial charge in [-0.05, 0) is 19.1 Å². The van der Waals surface area contributed by atoms with Crippen molar-refractivity contribution < 1.29 is 0 Å². The van der Waals surface area contributed by atoms with Gasteiger partial charge in [0, 0.05) is 24.8 Å². The molecular formula is C9H11N3. The number of rotatable bonds is 0. The highest BCUT2D eigenvalue weighted by atomic mass is 15.1. The van der Waals surface area contributed by atoms with Gasteiger partial charge in [0.2, 0.25) is 0 Å². The Hall–Kier alpha value is -1.27. The zero-order valence-electron chi connectivity index (χ0n) is 7.04. The van der Waals surface area contributed by atoms with E-state index < -0.39 is 0 Å². The van der Waals surface area contributed by atoms with Gasteiger partial charge in [-0.25, -0.2) is 0 Å². The molecule has 1 aliphatic heterocycles. The third-order valence-corrected chi connectivity index (χ3v) is 2.36. The van der Waals surface area contributed by atoms with Crippen molar-refractivity contribution in [2.24, 2.45) is 0 Å². The average Bonchev–Trinajstić information content (AvgIpc) is 2.49. The zero-order valence-corrected chi connectivity index (χ0v) is 7.04. The first-order valence-electron chi connectivity index (χ1n) is 4.16. The van der Waals surface area contributed by atoms with E-state index in [0.717, 1.165) is 18.8 Å². The molecule has 0 fully saturated rings. The number of nitrogens with zero attached hydrogens (tertiary/aromatic N) is 2. The van der Waals surface area contributed by atoms with E-state index in [-0.39, 0.29) is 0 Å². The second-order valence-electron chi connectivity index (χ2n) is 3.08. The SMILES string of the molecule is C[C@H]1NCCn2c(C#N)ccc21. The number of hydrogen-bond donors (Lipinski definition) is 1. The highest BCUT2D eigenvalue weighted by Crippen LogP contribution is 2.19. The van der Waals surface area contributed by atoms with Gasteiger partial charge in [-0.2, -0.15) is 5.26 Å². The summed E-state index contributed by atoms with van der Waals surface area (Å²) in [5.74, 6) is 0. The van der Waals surface area contributed by atoms with Crippen LogP contribution in [0, 0.1) is 11.3 Å². The van der Waals surface area contributed by atoms with Crippen molar-refractivity contribution in [2.75, 3.05) is 6.54 Å². The highest BCUT2D eigenvalue weighted by molar-refractivity contribution is 5.29. The van der Waals surface area contributed by atoms with E-state index in [9.17, 15) is 0 Å². The van der Waals surface area contributed by atoms with Crippen LogP contribution in [0.1, 0.15) is 24.4 Å². The van der Waals surface area contributed by atoms with Crippen LogP contribution in [0.2, 0.25) is 0 Å². The van der Waals surface area contributed by atoms with Crippen molar-refractivity contribution in [3.05, 3.63) is 23.5 Å². The minimum Gasteiger partial charge on any atom is -0.334 e. The van der Waals surface area contributed by atoms with Crippen LogP contribution in [0.25, 0.3) is 0 Å². The van der Waals surface area contributed by atoms with Crippen LogP contribution in [-0.4, -0.2) is 11.1 Å². The highest BCUT2D eigenvalue weighted by Gasteiger charge is 2.17. The second kappa shape index (κ2) is 2.65. The summed E-state index contributed by atoms with van der Waals surface area (Å²) in [5, 5.41) is 12.1. The van der Waals surface area contributed by atoms with E-state index in [1.807, 2.05) is 12.1 Å². The maximum Gasteiger partial charge on any atom is 0.120 e. The second-order valence-corrected chi connectivity index (χ2v) is 3.08. The fourth-order valence-corrected chi connectivity index (χ4v) is 1.71. The van der Waals surface area contributed by atoms with Gasteiger partial charge in [-0.15, -0.1) is 0 Å². The minimum absolute atomic E-state index is 0.376. The molecule has 0 unspecified atom stereocenters. The molecule has 12 heavy (non-hydrogen) atoms. The Morgan fingerprint density at radius 3 is 3.25 bits per heavy atom. The normalized spacial score (nSPS) is 21.5. The molecule has 1 atom stereocenters. The van der Waals surface area contributed by atoms with Gasteiger partial charge in [0.05, 0.1) is 0 Å². The Labute approximate surface area is 71.6 Å². The predicted molar refractivity (Wildman–Crippen MR) is 45.6 cm³/mol. The van der Waals surface area contributed by atoms with E-state index >= 15 is 0 Å². The van der Waals surface area contributed by atoms with Crippen molar-refractivity contribution in [1.82, 2.24) is 9.88 Å². The first-order valence-corrected chi connectivity index (χ1v) is 4.16. The molecule has 0 bridgehead atoms. The van der Waals surface area contributed by atoms with E-state index in [1.54, 1.807) is 0 Å². The zero-order chi connectivity index (χ0) is 8.55. The predicted octanol–water partition coefficient (Wildman–Crippen LogP) is 1.02. The Kier molecular flexibility index (Phi) is 1.63. The van der Waals surface area contributed by atoms with Gasteiger partial charge in [0.1, 0.15) is 11.8 Å². The monoisotopic (exact) mass is 161 g/mol. The molecule has 2 heterocycles. The Morgan fingerprint density at radius 1 is 1.67 bits per heavy atom. The maximum absolute atomic E-state index is 8.78. The molecule has 0 saturated carbocycles. The molecule has 2 rings (SSSR count).